The van der Waals surface area contributed by atoms with Gasteiger partial charge in [-0.25, -0.2) is 0 Å². The molecule has 1 aliphatic heterocycles. The van der Waals surface area contributed by atoms with Gasteiger partial charge >= 0.3 is 0 Å². The van der Waals surface area contributed by atoms with E-state index in [0.717, 1.165) is 50.4 Å². The summed E-state index contributed by atoms with van der Waals surface area (Å²) in [4.78, 5) is 15.7. The predicted octanol–water partition coefficient (Wildman–Crippen LogP) is 7.37. The number of para-hydroxylation sites is 1. The van der Waals surface area contributed by atoms with E-state index in [9.17, 15) is 4.79 Å². The molecule has 0 radical (unpaired) electrons. The van der Waals surface area contributed by atoms with Crippen LogP contribution in [-0.2, 0) is 11.3 Å². The van der Waals surface area contributed by atoms with E-state index >= 15 is 0 Å². The van der Waals surface area contributed by atoms with Crippen molar-refractivity contribution in [2.24, 2.45) is 11.8 Å². The Morgan fingerprint density at radius 3 is 2.26 bits per heavy atom. The Balaban J connectivity index is 0.00000342. The van der Waals surface area contributed by atoms with Crippen molar-refractivity contribution in [3.05, 3.63) is 60.2 Å². The Bertz CT molecular complexity index is 860. The number of halogens is 1. The Morgan fingerprint density at radius 2 is 1.60 bits per heavy atom. The number of ether oxygens (including phenoxy) is 1. The highest BCUT2D eigenvalue weighted by Gasteiger charge is 2.31. The quantitative estimate of drug-likeness (QED) is 0.371. The highest BCUT2D eigenvalue weighted by atomic mass is 35.5. The second-order valence-electron chi connectivity index (χ2n) is 10.3. The molecule has 0 aromatic heterocycles. The van der Waals surface area contributed by atoms with Crippen molar-refractivity contribution >= 4 is 18.3 Å². The van der Waals surface area contributed by atoms with Crippen molar-refractivity contribution in [3.63, 3.8) is 0 Å². The van der Waals surface area contributed by atoms with Crippen molar-refractivity contribution in [2.45, 2.75) is 83.7 Å². The number of benzene rings is 2. The first-order chi connectivity index (χ1) is 16.7. The number of unbranched alkanes of at least 4 members (excludes halogenated alkanes) is 1. The zero-order valence-corrected chi connectivity index (χ0v) is 22.1. The summed E-state index contributed by atoms with van der Waals surface area (Å²) in [5.41, 5.74) is 1.31. The van der Waals surface area contributed by atoms with Crippen LogP contribution in [0.25, 0.3) is 0 Å². The van der Waals surface area contributed by atoms with E-state index in [-0.39, 0.29) is 18.3 Å². The second-order valence-corrected chi connectivity index (χ2v) is 10.3. The summed E-state index contributed by atoms with van der Waals surface area (Å²) >= 11 is 0. The van der Waals surface area contributed by atoms with Gasteiger partial charge in [0.15, 0.2) is 0 Å². The molecule has 2 aromatic rings. The molecule has 2 aromatic carbocycles. The maximum atomic E-state index is 13.2. The first-order valence-corrected chi connectivity index (χ1v) is 13.6. The second kappa shape index (κ2) is 14.5. The van der Waals surface area contributed by atoms with Crippen molar-refractivity contribution in [1.82, 2.24) is 10.2 Å². The van der Waals surface area contributed by atoms with Crippen LogP contribution in [0.1, 0.15) is 76.7 Å². The lowest BCUT2D eigenvalue weighted by atomic mass is 9.77. The van der Waals surface area contributed by atoms with Crippen LogP contribution in [0.5, 0.6) is 11.5 Å². The van der Waals surface area contributed by atoms with Gasteiger partial charge in [0.1, 0.15) is 11.5 Å². The Kier molecular flexibility index (Phi) is 11.4. The van der Waals surface area contributed by atoms with Crippen LogP contribution in [-0.4, -0.2) is 29.9 Å². The third-order valence-corrected chi connectivity index (χ3v) is 7.67. The highest BCUT2D eigenvalue weighted by Crippen LogP contribution is 2.33. The summed E-state index contributed by atoms with van der Waals surface area (Å²) in [6.07, 6.45) is 12.0. The number of hydrogen-bond donors (Lipinski definition) is 1. The highest BCUT2D eigenvalue weighted by molar-refractivity contribution is 5.85. The molecule has 1 amide bonds. The Hall–Kier alpha value is -2.04. The van der Waals surface area contributed by atoms with Gasteiger partial charge in [0.25, 0.3) is 0 Å². The molecule has 0 spiro atoms. The lowest BCUT2D eigenvalue weighted by molar-refractivity contribution is -0.128. The monoisotopic (exact) mass is 498 g/mol. The van der Waals surface area contributed by atoms with Gasteiger partial charge in [0, 0.05) is 31.6 Å². The molecule has 192 valence electrons. The lowest BCUT2D eigenvalue weighted by Gasteiger charge is -2.35. The minimum atomic E-state index is 0. The van der Waals surface area contributed by atoms with Crippen molar-refractivity contribution in [3.8, 4) is 11.5 Å². The summed E-state index contributed by atoms with van der Waals surface area (Å²) in [6, 6.07) is 18.7. The number of carbonyl (C=O) groups is 1. The molecule has 1 aliphatic carbocycles. The third-order valence-electron chi connectivity index (χ3n) is 7.67. The number of hydrogen-bond acceptors (Lipinski definition) is 3. The van der Waals surface area contributed by atoms with Gasteiger partial charge in [-0.2, -0.15) is 0 Å². The molecule has 2 aliphatic rings. The molecule has 35 heavy (non-hydrogen) atoms. The summed E-state index contributed by atoms with van der Waals surface area (Å²) in [7, 11) is 0. The van der Waals surface area contributed by atoms with E-state index < -0.39 is 0 Å². The summed E-state index contributed by atoms with van der Waals surface area (Å²) in [6.45, 7) is 5.26. The Morgan fingerprint density at radius 1 is 0.943 bits per heavy atom. The smallest absolute Gasteiger partial charge is 0.223 e. The lowest BCUT2D eigenvalue weighted by Crippen LogP contribution is -2.47. The van der Waals surface area contributed by atoms with Crippen LogP contribution in [0, 0.1) is 11.8 Å². The molecule has 1 heterocycles. The number of nitrogens with one attached hydrogen (secondary N) is 1. The molecule has 4 rings (SSSR count). The number of amides is 1. The van der Waals surface area contributed by atoms with Crippen LogP contribution < -0.4 is 10.1 Å². The fourth-order valence-corrected chi connectivity index (χ4v) is 5.63. The molecule has 1 saturated carbocycles. The van der Waals surface area contributed by atoms with Crippen LogP contribution in [0.3, 0.4) is 0 Å². The van der Waals surface area contributed by atoms with E-state index in [1.807, 2.05) is 30.3 Å². The fraction of sp³-hybridized carbons (Fsp3) is 0.567. The van der Waals surface area contributed by atoms with Gasteiger partial charge in [-0.1, -0.05) is 69.4 Å². The topological polar surface area (TPSA) is 41.6 Å². The molecule has 1 unspecified atom stereocenters. The largest absolute Gasteiger partial charge is 0.457 e. The molecular weight excluding hydrogens is 456 g/mol. The minimum absolute atomic E-state index is 0. The maximum absolute atomic E-state index is 13.2. The van der Waals surface area contributed by atoms with E-state index in [1.165, 1.54) is 50.5 Å². The molecule has 4 nitrogen and oxygen atoms in total. The summed E-state index contributed by atoms with van der Waals surface area (Å²) in [5.74, 6) is 2.91. The number of likely N-dealkylation sites (tertiary alicyclic amines) is 1. The number of carbonyl (C=O) groups excluding carboxylic acids is 1. The van der Waals surface area contributed by atoms with Crippen LogP contribution in [0.15, 0.2) is 54.6 Å². The Labute approximate surface area is 218 Å². The van der Waals surface area contributed by atoms with E-state index in [1.54, 1.807) is 0 Å². The van der Waals surface area contributed by atoms with Gasteiger partial charge in [0.05, 0.1) is 0 Å². The summed E-state index contributed by atoms with van der Waals surface area (Å²) in [5, 5.41) is 3.46. The van der Waals surface area contributed by atoms with Gasteiger partial charge in [-0.05, 0) is 67.9 Å². The van der Waals surface area contributed by atoms with Crippen molar-refractivity contribution in [2.75, 3.05) is 13.1 Å². The number of nitrogens with zero attached hydrogens (tertiary/aromatic N) is 1. The normalized spacial score (nSPS) is 18.4. The minimum Gasteiger partial charge on any atom is -0.457 e. The average molecular weight is 499 g/mol. The third kappa shape index (κ3) is 8.54. The van der Waals surface area contributed by atoms with Gasteiger partial charge < -0.3 is 10.1 Å². The van der Waals surface area contributed by atoms with Gasteiger partial charge in [-0.3, -0.25) is 9.69 Å². The molecule has 1 saturated heterocycles. The van der Waals surface area contributed by atoms with E-state index in [4.69, 9.17) is 4.74 Å². The maximum Gasteiger partial charge on any atom is 0.223 e. The predicted molar refractivity (Wildman–Crippen MR) is 146 cm³/mol. The van der Waals surface area contributed by atoms with Crippen molar-refractivity contribution in [1.29, 1.82) is 0 Å². The fourth-order valence-electron chi connectivity index (χ4n) is 5.63. The standard InChI is InChI=1S/C30H42N2O2.ClH/c1-2-3-14-29(25-10-6-4-7-11-25)30(33)31-26-19-21-32(22-20-26)23-24-15-17-28(18-16-24)34-27-12-8-5-9-13-27;/h5,8-9,12-13,15-18,25-26,29H,2-4,6-7,10-11,14,19-23H2,1H3,(H,31,33);1H. The zero-order valence-electron chi connectivity index (χ0n) is 21.3. The molecule has 2 fully saturated rings. The SMILES string of the molecule is CCCCC(C(=O)NC1CCN(Cc2ccc(Oc3ccccc3)cc2)CC1)C1CCCCC1.Cl. The average Bonchev–Trinajstić information content (AvgIpc) is 2.88. The first-order valence-electron chi connectivity index (χ1n) is 13.6. The van der Waals surface area contributed by atoms with E-state index in [2.05, 4.69) is 41.4 Å². The first kappa shape index (κ1) is 27.5. The molecular formula is C30H43ClN2O2. The van der Waals surface area contributed by atoms with Crippen LogP contribution in [0.4, 0.5) is 0 Å². The van der Waals surface area contributed by atoms with E-state index in [0.29, 0.717) is 17.9 Å². The summed E-state index contributed by atoms with van der Waals surface area (Å²) < 4.78 is 5.91. The van der Waals surface area contributed by atoms with Crippen LogP contribution in [0.2, 0.25) is 0 Å². The van der Waals surface area contributed by atoms with Crippen LogP contribution >= 0.6 is 12.4 Å². The molecule has 5 heteroatoms. The van der Waals surface area contributed by atoms with Gasteiger partial charge in [-0.15, -0.1) is 12.4 Å². The molecule has 0 bridgehead atoms. The number of rotatable bonds is 10. The number of piperidine rings is 1. The molecule has 1 N–H and O–H groups in total. The van der Waals surface area contributed by atoms with Gasteiger partial charge in [0.2, 0.25) is 5.91 Å². The van der Waals surface area contributed by atoms with Crippen molar-refractivity contribution < 1.29 is 9.53 Å². The molecule has 1 atom stereocenters. The zero-order chi connectivity index (χ0) is 23.6.